The highest BCUT2D eigenvalue weighted by Crippen LogP contribution is 2.23. The topological polar surface area (TPSA) is 118 Å². The third-order valence-electron chi connectivity index (χ3n) is 4.40. The maximum Gasteiger partial charge on any atom is 0.258 e. The lowest BCUT2D eigenvalue weighted by Gasteiger charge is -2.19. The zero-order valence-corrected chi connectivity index (χ0v) is 16.7. The molecule has 1 aromatic carbocycles. The van der Waals surface area contributed by atoms with Crippen LogP contribution in [0.2, 0.25) is 0 Å². The maximum atomic E-state index is 12.4. The molecule has 0 aliphatic carbocycles. The Kier molecular flexibility index (Phi) is 6.93. The number of hydrogen-bond acceptors (Lipinski definition) is 6. The Morgan fingerprint density at radius 3 is 2.44 bits per heavy atom. The van der Waals surface area contributed by atoms with E-state index in [9.17, 15) is 13.2 Å². The van der Waals surface area contributed by atoms with E-state index in [1.807, 2.05) is 0 Å². The molecule has 0 spiro atoms. The van der Waals surface area contributed by atoms with Gasteiger partial charge in [0.15, 0.2) is 5.82 Å². The van der Waals surface area contributed by atoms with E-state index in [1.54, 1.807) is 11.7 Å². The smallest absolute Gasteiger partial charge is 0.258 e. The lowest BCUT2D eigenvalue weighted by molar-refractivity contribution is 0.102. The Hall–Kier alpha value is -2.01. The van der Waals surface area contributed by atoms with E-state index in [0.717, 1.165) is 31.8 Å². The molecule has 1 aliphatic rings. The van der Waals surface area contributed by atoms with Gasteiger partial charge in [0, 0.05) is 18.5 Å². The quantitative estimate of drug-likeness (QED) is 0.668. The molecule has 27 heavy (non-hydrogen) atoms. The fraction of sp³-hybridized carbons (Fsp3) is 0.438. The minimum absolute atomic E-state index is 0. The predicted octanol–water partition coefficient (Wildman–Crippen LogP) is 0.864. The summed E-state index contributed by atoms with van der Waals surface area (Å²) in [5, 5.41) is 10.4. The lowest BCUT2D eigenvalue weighted by atomic mass is 9.98. The maximum absolute atomic E-state index is 12.4. The van der Waals surface area contributed by atoms with Crippen molar-refractivity contribution in [1.29, 1.82) is 0 Å². The average molecular weight is 415 g/mol. The fourth-order valence-corrected chi connectivity index (χ4v) is 3.57. The molecule has 0 bridgehead atoms. The van der Waals surface area contributed by atoms with Crippen LogP contribution >= 0.6 is 12.4 Å². The molecule has 11 heteroatoms. The molecule has 1 aliphatic heterocycles. The van der Waals surface area contributed by atoms with Crippen molar-refractivity contribution >= 4 is 34.3 Å². The molecule has 0 unspecified atom stereocenters. The van der Waals surface area contributed by atoms with E-state index >= 15 is 0 Å². The first-order chi connectivity index (χ1) is 12.4. The first-order valence-electron chi connectivity index (χ1n) is 8.37. The average Bonchev–Trinajstić information content (AvgIpc) is 3.03. The predicted molar refractivity (Wildman–Crippen MR) is 104 cm³/mol. The summed E-state index contributed by atoms with van der Waals surface area (Å²) in [6, 6.07) is 5.70. The second kappa shape index (κ2) is 8.79. The van der Waals surface area contributed by atoms with Gasteiger partial charge >= 0.3 is 0 Å². The number of anilines is 1. The molecule has 2 heterocycles. The van der Waals surface area contributed by atoms with Crippen LogP contribution < -0.4 is 15.4 Å². The van der Waals surface area contributed by atoms with E-state index in [0.29, 0.717) is 17.4 Å². The molecule has 9 nitrogen and oxygen atoms in total. The number of amides is 1. The number of carbonyl (C=O) groups excluding carboxylic acids is 1. The molecule has 1 fully saturated rings. The number of aromatic nitrogens is 3. The van der Waals surface area contributed by atoms with Gasteiger partial charge in [0.2, 0.25) is 16.0 Å². The van der Waals surface area contributed by atoms with Crippen molar-refractivity contribution in [2.45, 2.75) is 23.7 Å². The fourth-order valence-electron chi connectivity index (χ4n) is 2.84. The minimum Gasteiger partial charge on any atom is -0.317 e. The molecule has 1 saturated heterocycles. The van der Waals surface area contributed by atoms with Crippen LogP contribution in [0.1, 0.15) is 34.9 Å². The highest BCUT2D eigenvalue weighted by Gasteiger charge is 2.21. The van der Waals surface area contributed by atoms with Crippen LogP contribution in [-0.4, -0.2) is 49.2 Å². The molecule has 1 amide bonds. The lowest BCUT2D eigenvalue weighted by Crippen LogP contribution is -2.27. The summed E-state index contributed by atoms with van der Waals surface area (Å²) in [6.45, 7) is 1.87. The zero-order valence-electron chi connectivity index (χ0n) is 15.1. The highest BCUT2D eigenvalue weighted by atomic mass is 35.5. The first kappa shape index (κ1) is 21.3. The Labute approximate surface area is 164 Å². The van der Waals surface area contributed by atoms with E-state index in [2.05, 4.69) is 25.4 Å². The summed E-state index contributed by atoms with van der Waals surface area (Å²) < 4.78 is 27.2. The standard InChI is InChI=1S/C16H22N6O3S.ClH/c1-17-26(24,25)13-5-3-12(4-6-13)15(23)20-16-19-14(21-22(16)2)11-7-9-18-10-8-11;/h3-6,11,17-18H,7-10H2,1-2H3,(H,19,20,21,23);1H. The highest BCUT2D eigenvalue weighted by molar-refractivity contribution is 7.89. The SMILES string of the molecule is CNS(=O)(=O)c1ccc(C(=O)Nc2nc(C3CCNCC3)nn2C)cc1.Cl. The van der Waals surface area contributed by atoms with E-state index in [4.69, 9.17) is 0 Å². The molecule has 2 aromatic rings. The van der Waals surface area contributed by atoms with Gasteiger partial charge in [-0.05, 0) is 57.2 Å². The van der Waals surface area contributed by atoms with Crippen LogP contribution in [0.4, 0.5) is 5.95 Å². The van der Waals surface area contributed by atoms with Gasteiger partial charge in [-0.2, -0.15) is 10.1 Å². The van der Waals surface area contributed by atoms with Crippen LogP contribution in [0.15, 0.2) is 29.2 Å². The molecule has 1 aromatic heterocycles. The largest absolute Gasteiger partial charge is 0.317 e. The van der Waals surface area contributed by atoms with Crippen LogP contribution in [0.5, 0.6) is 0 Å². The van der Waals surface area contributed by atoms with Crippen molar-refractivity contribution in [3.05, 3.63) is 35.7 Å². The molecule has 0 atom stereocenters. The number of halogens is 1. The normalized spacial score (nSPS) is 15.2. The number of rotatable bonds is 5. The Morgan fingerprint density at radius 1 is 1.22 bits per heavy atom. The van der Waals surface area contributed by atoms with Gasteiger partial charge in [-0.15, -0.1) is 12.4 Å². The molecule has 3 rings (SSSR count). The van der Waals surface area contributed by atoms with Crippen molar-refractivity contribution in [3.8, 4) is 0 Å². The molecular weight excluding hydrogens is 392 g/mol. The molecule has 0 radical (unpaired) electrons. The summed E-state index contributed by atoms with van der Waals surface area (Å²) in [6.07, 6.45) is 1.94. The van der Waals surface area contributed by atoms with E-state index < -0.39 is 10.0 Å². The van der Waals surface area contributed by atoms with Gasteiger partial charge in [-0.25, -0.2) is 17.8 Å². The molecule has 3 N–H and O–H groups in total. The molecular formula is C16H23ClN6O3S. The van der Waals surface area contributed by atoms with Crippen molar-refractivity contribution in [2.75, 3.05) is 25.5 Å². The summed E-state index contributed by atoms with van der Waals surface area (Å²) in [7, 11) is -0.459. The zero-order chi connectivity index (χ0) is 18.7. The number of carbonyl (C=O) groups is 1. The van der Waals surface area contributed by atoms with Crippen LogP contribution in [0.3, 0.4) is 0 Å². The Balaban J connectivity index is 0.00000261. The number of hydrogen-bond donors (Lipinski definition) is 3. The van der Waals surface area contributed by atoms with Crippen molar-refractivity contribution < 1.29 is 13.2 Å². The number of nitrogens with one attached hydrogen (secondary N) is 3. The number of aryl methyl sites for hydroxylation is 1. The minimum atomic E-state index is -3.53. The van der Waals surface area contributed by atoms with Crippen LogP contribution in [0, 0.1) is 0 Å². The summed E-state index contributed by atoms with van der Waals surface area (Å²) in [4.78, 5) is 17.0. The monoisotopic (exact) mass is 414 g/mol. The second-order valence-electron chi connectivity index (χ2n) is 6.13. The van der Waals surface area contributed by atoms with Gasteiger partial charge in [-0.1, -0.05) is 0 Å². The first-order valence-corrected chi connectivity index (χ1v) is 9.85. The number of nitrogens with zero attached hydrogens (tertiary/aromatic N) is 3. The van der Waals surface area contributed by atoms with Gasteiger partial charge in [-0.3, -0.25) is 10.1 Å². The number of piperidine rings is 1. The summed E-state index contributed by atoms with van der Waals surface area (Å²) in [5.41, 5.74) is 0.339. The Morgan fingerprint density at radius 2 is 1.85 bits per heavy atom. The summed E-state index contributed by atoms with van der Waals surface area (Å²) in [5.74, 6) is 1.03. The summed E-state index contributed by atoms with van der Waals surface area (Å²) >= 11 is 0. The van der Waals surface area contributed by atoms with Crippen molar-refractivity contribution in [1.82, 2.24) is 24.8 Å². The van der Waals surface area contributed by atoms with Crippen LogP contribution in [0.25, 0.3) is 0 Å². The van der Waals surface area contributed by atoms with Crippen LogP contribution in [-0.2, 0) is 17.1 Å². The van der Waals surface area contributed by atoms with Gasteiger partial charge in [0.05, 0.1) is 4.90 Å². The number of sulfonamides is 1. The van der Waals surface area contributed by atoms with E-state index in [1.165, 1.54) is 31.3 Å². The third-order valence-corrected chi connectivity index (χ3v) is 5.83. The Bertz CT molecular complexity index is 891. The van der Waals surface area contributed by atoms with Gasteiger partial charge in [0.25, 0.3) is 5.91 Å². The van der Waals surface area contributed by atoms with Gasteiger partial charge in [0.1, 0.15) is 0 Å². The molecule has 148 valence electrons. The van der Waals surface area contributed by atoms with Crippen molar-refractivity contribution in [2.24, 2.45) is 7.05 Å². The second-order valence-corrected chi connectivity index (χ2v) is 8.01. The number of benzene rings is 1. The third kappa shape index (κ3) is 4.83. The van der Waals surface area contributed by atoms with Crippen molar-refractivity contribution in [3.63, 3.8) is 0 Å². The molecule has 0 saturated carbocycles. The van der Waals surface area contributed by atoms with E-state index in [-0.39, 0.29) is 23.2 Å². The van der Waals surface area contributed by atoms with Gasteiger partial charge < -0.3 is 5.32 Å².